The Morgan fingerprint density at radius 3 is 2.38 bits per heavy atom. The number of hydrogen-bond acceptors (Lipinski definition) is 6. The van der Waals surface area contributed by atoms with Gasteiger partial charge in [0.05, 0.1) is 25.3 Å². The van der Waals surface area contributed by atoms with Gasteiger partial charge >= 0.3 is 5.97 Å². The maximum absolute atomic E-state index is 12.3. The molecule has 0 fully saturated rings. The molecule has 1 aromatic carbocycles. The number of nitrogens with zero attached hydrogens (tertiary/aromatic N) is 1. The van der Waals surface area contributed by atoms with Crippen LogP contribution in [0.3, 0.4) is 0 Å². The molecule has 0 saturated carbocycles. The van der Waals surface area contributed by atoms with Crippen molar-refractivity contribution in [2.24, 2.45) is 0 Å². The second-order valence-electron chi connectivity index (χ2n) is 5.23. The molecular weight excluding hydrogens is 314 g/mol. The summed E-state index contributed by atoms with van der Waals surface area (Å²) >= 11 is 0. The van der Waals surface area contributed by atoms with E-state index < -0.39 is 29.5 Å². The Morgan fingerprint density at radius 1 is 1.25 bits per heavy atom. The predicted molar refractivity (Wildman–Crippen MR) is 84.4 cm³/mol. The van der Waals surface area contributed by atoms with Gasteiger partial charge in [0.1, 0.15) is 12.3 Å². The summed E-state index contributed by atoms with van der Waals surface area (Å²) in [4.78, 5) is 36.9. The van der Waals surface area contributed by atoms with E-state index in [1.807, 2.05) is 6.92 Å². The van der Waals surface area contributed by atoms with Gasteiger partial charge in [0, 0.05) is 0 Å². The van der Waals surface area contributed by atoms with Crippen molar-refractivity contribution < 1.29 is 29.0 Å². The largest absolute Gasteiger partial charge is 0.503 e. The van der Waals surface area contributed by atoms with Crippen LogP contribution in [0.25, 0.3) is 0 Å². The number of rotatable bonds is 6. The molecule has 0 aliphatic carbocycles. The Hall–Kier alpha value is -2.83. The second kappa shape index (κ2) is 7.16. The van der Waals surface area contributed by atoms with Crippen LogP contribution in [0.1, 0.15) is 25.5 Å². The monoisotopic (exact) mass is 333 g/mol. The van der Waals surface area contributed by atoms with Gasteiger partial charge in [-0.25, -0.2) is 0 Å². The number of esters is 1. The van der Waals surface area contributed by atoms with E-state index in [0.717, 1.165) is 4.90 Å². The molecule has 1 aliphatic rings. The summed E-state index contributed by atoms with van der Waals surface area (Å²) in [5.41, 5.74) is 0.554. The van der Waals surface area contributed by atoms with Crippen LogP contribution >= 0.6 is 0 Å². The van der Waals surface area contributed by atoms with Crippen molar-refractivity contribution in [2.45, 2.75) is 19.9 Å². The first-order valence-electron chi connectivity index (χ1n) is 7.45. The number of methoxy groups -OCH3 is 1. The minimum absolute atomic E-state index is 0.0342. The smallest absolute Gasteiger partial charge is 0.325 e. The molecule has 1 aliphatic heterocycles. The fraction of sp³-hybridized carbons (Fsp3) is 0.353. The first-order chi connectivity index (χ1) is 11.4. The van der Waals surface area contributed by atoms with E-state index in [2.05, 4.69) is 4.74 Å². The maximum Gasteiger partial charge on any atom is 0.325 e. The van der Waals surface area contributed by atoms with Gasteiger partial charge < -0.3 is 19.5 Å². The Bertz CT molecular complexity index is 692. The molecular formula is C17H19NO6. The van der Waals surface area contributed by atoms with Crippen molar-refractivity contribution in [3.63, 3.8) is 0 Å². The van der Waals surface area contributed by atoms with Crippen LogP contribution in [0.15, 0.2) is 35.6 Å². The van der Waals surface area contributed by atoms with Gasteiger partial charge in [-0.2, -0.15) is 0 Å². The summed E-state index contributed by atoms with van der Waals surface area (Å²) in [6, 6.07) is 5.94. The minimum Gasteiger partial charge on any atom is -0.503 e. The van der Waals surface area contributed by atoms with Crippen molar-refractivity contribution in [1.29, 1.82) is 0 Å². The highest BCUT2D eigenvalue weighted by Crippen LogP contribution is 2.37. The van der Waals surface area contributed by atoms with Crippen LogP contribution < -0.4 is 4.74 Å². The van der Waals surface area contributed by atoms with Crippen molar-refractivity contribution >= 4 is 17.7 Å². The number of ketones is 1. The van der Waals surface area contributed by atoms with E-state index >= 15 is 0 Å². The average molecular weight is 333 g/mol. The number of Topliss-reactive ketones (excluding diaryl/α,β-unsaturated/α-hetero) is 1. The molecule has 1 heterocycles. The van der Waals surface area contributed by atoms with E-state index in [1.54, 1.807) is 24.3 Å². The van der Waals surface area contributed by atoms with E-state index in [4.69, 9.17) is 4.74 Å². The number of benzene rings is 1. The normalized spacial score (nSPS) is 17.2. The van der Waals surface area contributed by atoms with Gasteiger partial charge in [-0.05, 0) is 31.5 Å². The summed E-state index contributed by atoms with van der Waals surface area (Å²) in [5.74, 6) is -1.85. The van der Waals surface area contributed by atoms with Crippen molar-refractivity contribution in [2.75, 3.05) is 20.3 Å². The molecule has 1 aromatic rings. The molecule has 24 heavy (non-hydrogen) atoms. The number of hydrogen-bond donors (Lipinski definition) is 1. The quantitative estimate of drug-likeness (QED) is 0.794. The fourth-order valence-electron chi connectivity index (χ4n) is 2.64. The van der Waals surface area contributed by atoms with E-state index in [9.17, 15) is 19.5 Å². The molecule has 1 atom stereocenters. The predicted octanol–water partition coefficient (Wildman–Crippen LogP) is 1.54. The lowest BCUT2D eigenvalue weighted by molar-refractivity contribution is -0.146. The highest BCUT2D eigenvalue weighted by atomic mass is 16.5. The Balaban J connectivity index is 2.44. The van der Waals surface area contributed by atoms with Gasteiger partial charge in [0.2, 0.25) is 0 Å². The third-order valence-corrected chi connectivity index (χ3v) is 3.72. The Morgan fingerprint density at radius 2 is 1.88 bits per heavy atom. The number of carbonyl (C=O) groups is 3. The van der Waals surface area contributed by atoms with Crippen molar-refractivity contribution in [1.82, 2.24) is 4.90 Å². The third kappa shape index (κ3) is 3.24. The fourth-order valence-corrected chi connectivity index (χ4v) is 2.64. The molecule has 0 saturated heterocycles. The number of aliphatic hydroxyl groups excluding tert-OH is 1. The highest BCUT2D eigenvalue weighted by molar-refractivity contribution is 6.08. The van der Waals surface area contributed by atoms with Crippen LogP contribution in [-0.2, 0) is 19.1 Å². The molecule has 2 rings (SSSR count). The van der Waals surface area contributed by atoms with Gasteiger partial charge in [0.15, 0.2) is 11.5 Å². The summed E-state index contributed by atoms with van der Waals surface area (Å²) in [7, 11) is 1.20. The van der Waals surface area contributed by atoms with Crippen LogP contribution in [0.5, 0.6) is 5.75 Å². The molecule has 1 unspecified atom stereocenters. The van der Waals surface area contributed by atoms with Crippen LogP contribution in [0, 0.1) is 0 Å². The summed E-state index contributed by atoms with van der Waals surface area (Å²) in [6.45, 7) is 3.27. The highest BCUT2D eigenvalue weighted by Gasteiger charge is 2.43. The lowest BCUT2D eigenvalue weighted by Gasteiger charge is -2.25. The number of aliphatic hydroxyl groups is 1. The summed E-state index contributed by atoms with van der Waals surface area (Å²) in [5, 5.41) is 10.0. The SMILES string of the molecule is CCOc1ccc(C2C(C(C)=O)=C(O)C(=O)N2CC(=O)OC)cc1. The molecule has 128 valence electrons. The van der Waals surface area contributed by atoms with Gasteiger partial charge in [0.25, 0.3) is 5.91 Å². The minimum atomic E-state index is -0.843. The molecule has 7 heteroatoms. The summed E-state index contributed by atoms with van der Waals surface area (Å²) in [6.07, 6.45) is 0. The van der Waals surface area contributed by atoms with Crippen LogP contribution in [0.2, 0.25) is 0 Å². The molecule has 0 aromatic heterocycles. The first kappa shape index (κ1) is 17.5. The average Bonchev–Trinajstić information content (AvgIpc) is 2.80. The number of carbonyl (C=O) groups excluding carboxylic acids is 3. The van der Waals surface area contributed by atoms with Crippen LogP contribution in [-0.4, -0.2) is 47.9 Å². The number of amides is 1. The van der Waals surface area contributed by atoms with E-state index in [1.165, 1.54) is 14.0 Å². The Labute approximate surface area is 139 Å². The zero-order valence-electron chi connectivity index (χ0n) is 13.7. The van der Waals surface area contributed by atoms with Crippen molar-refractivity contribution in [3.8, 4) is 5.75 Å². The molecule has 1 N–H and O–H groups in total. The Kier molecular flexibility index (Phi) is 5.23. The zero-order valence-corrected chi connectivity index (χ0v) is 13.7. The molecule has 7 nitrogen and oxygen atoms in total. The van der Waals surface area contributed by atoms with Gasteiger partial charge in [-0.3, -0.25) is 14.4 Å². The zero-order chi connectivity index (χ0) is 17.9. The molecule has 0 bridgehead atoms. The summed E-state index contributed by atoms with van der Waals surface area (Å²) < 4.78 is 9.95. The number of ether oxygens (including phenoxy) is 2. The van der Waals surface area contributed by atoms with E-state index in [0.29, 0.717) is 17.9 Å². The second-order valence-corrected chi connectivity index (χ2v) is 5.23. The van der Waals surface area contributed by atoms with Gasteiger partial charge in [-0.1, -0.05) is 12.1 Å². The van der Waals surface area contributed by atoms with Crippen molar-refractivity contribution in [3.05, 3.63) is 41.2 Å². The lowest BCUT2D eigenvalue weighted by atomic mass is 9.96. The van der Waals surface area contributed by atoms with Gasteiger partial charge in [-0.15, -0.1) is 0 Å². The maximum atomic E-state index is 12.3. The molecule has 0 spiro atoms. The topological polar surface area (TPSA) is 93.1 Å². The molecule has 1 amide bonds. The molecule has 0 radical (unpaired) electrons. The third-order valence-electron chi connectivity index (χ3n) is 3.72. The standard InChI is InChI=1S/C17H19NO6/c1-4-24-12-7-5-11(6-8-12)15-14(10(2)19)16(21)17(22)18(15)9-13(20)23-3/h5-8,15,21H,4,9H2,1-3H3. The first-order valence-corrected chi connectivity index (χ1v) is 7.45. The van der Waals surface area contributed by atoms with E-state index in [-0.39, 0.29) is 12.1 Å². The lowest BCUT2D eigenvalue weighted by Crippen LogP contribution is -2.36. The van der Waals surface area contributed by atoms with Crippen LogP contribution in [0.4, 0.5) is 0 Å².